The third-order valence-electron chi connectivity index (χ3n) is 4.29. The molecule has 2 amide bonds. The molecular formula is C20H25N3O2. The normalized spacial score (nSPS) is 10.4. The summed E-state index contributed by atoms with van der Waals surface area (Å²) in [5, 5.41) is 2.91. The monoisotopic (exact) mass is 339 g/mol. The van der Waals surface area contributed by atoms with E-state index in [1.54, 1.807) is 24.1 Å². The summed E-state index contributed by atoms with van der Waals surface area (Å²) >= 11 is 0. The Labute approximate surface area is 149 Å². The lowest BCUT2D eigenvalue weighted by atomic mass is 10.1. The topological polar surface area (TPSA) is 62.3 Å². The van der Waals surface area contributed by atoms with Crippen LogP contribution in [0.5, 0.6) is 0 Å². The van der Waals surface area contributed by atoms with E-state index in [9.17, 15) is 9.59 Å². The standard InChI is InChI=1S/C20H25N3O2/c1-5-6-12-23(4)20(25)18-13-16(10-11-21-18)19(24)22-17-9-7-8-14(2)15(17)3/h7-11,13H,5-6,12H2,1-4H3,(H,22,24). The first-order chi connectivity index (χ1) is 11.9. The molecule has 0 aliphatic heterocycles. The summed E-state index contributed by atoms with van der Waals surface area (Å²) in [6, 6.07) is 8.93. The molecule has 0 aliphatic carbocycles. The second-order valence-electron chi connectivity index (χ2n) is 6.21. The van der Waals surface area contributed by atoms with Gasteiger partial charge in [0.2, 0.25) is 0 Å². The summed E-state index contributed by atoms with van der Waals surface area (Å²) in [4.78, 5) is 30.7. The van der Waals surface area contributed by atoms with Gasteiger partial charge < -0.3 is 10.2 Å². The molecule has 5 heteroatoms. The number of aryl methyl sites for hydroxylation is 1. The molecule has 1 aromatic carbocycles. The van der Waals surface area contributed by atoms with Gasteiger partial charge in [-0.1, -0.05) is 25.5 Å². The Kier molecular flexibility index (Phi) is 6.28. The molecule has 0 bridgehead atoms. The molecule has 0 saturated heterocycles. The van der Waals surface area contributed by atoms with Gasteiger partial charge in [0.05, 0.1) is 0 Å². The fourth-order valence-corrected chi connectivity index (χ4v) is 2.46. The molecule has 25 heavy (non-hydrogen) atoms. The van der Waals surface area contributed by atoms with Crippen molar-refractivity contribution in [3.63, 3.8) is 0 Å². The van der Waals surface area contributed by atoms with Crippen molar-refractivity contribution in [2.75, 3.05) is 18.9 Å². The van der Waals surface area contributed by atoms with Gasteiger partial charge in [0.1, 0.15) is 5.69 Å². The molecule has 132 valence electrons. The summed E-state index contributed by atoms with van der Waals surface area (Å²) < 4.78 is 0. The highest BCUT2D eigenvalue weighted by Crippen LogP contribution is 2.19. The van der Waals surface area contributed by atoms with E-state index in [0.717, 1.165) is 29.7 Å². The van der Waals surface area contributed by atoms with Crippen LogP contribution in [0.25, 0.3) is 0 Å². The predicted octanol–water partition coefficient (Wildman–Crippen LogP) is 3.82. The highest BCUT2D eigenvalue weighted by Gasteiger charge is 2.16. The molecule has 0 radical (unpaired) electrons. The quantitative estimate of drug-likeness (QED) is 0.870. The first-order valence-electron chi connectivity index (χ1n) is 8.53. The average Bonchev–Trinajstić information content (AvgIpc) is 2.62. The predicted molar refractivity (Wildman–Crippen MR) is 100.0 cm³/mol. The number of benzene rings is 1. The SMILES string of the molecule is CCCCN(C)C(=O)c1cc(C(=O)Nc2cccc(C)c2C)ccn1. The Balaban J connectivity index is 2.16. The lowest BCUT2D eigenvalue weighted by Gasteiger charge is -2.16. The third kappa shape index (κ3) is 4.66. The van der Waals surface area contributed by atoms with E-state index >= 15 is 0 Å². The van der Waals surface area contributed by atoms with Crippen molar-refractivity contribution >= 4 is 17.5 Å². The fourth-order valence-electron chi connectivity index (χ4n) is 2.46. The second-order valence-corrected chi connectivity index (χ2v) is 6.21. The largest absolute Gasteiger partial charge is 0.340 e. The molecule has 2 aromatic rings. The van der Waals surface area contributed by atoms with Crippen molar-refractivity contribution in [1.82, 2.24) is 9.88 Å². The molecule has 0 fully saturated rings. The molecule has 0 unspecified atom stereocenters. The summed E-state index contributed by atoms with van der Waals surface area (Å²) in [5.41, 5.74) is 3.62. The van der Waals surface area contributed by atoms with E-state index in [0.29, 0.717) is 12.1 Å². The smallest absolute Gasteiger partial charge is 0.272 e. The molecule has 1 heterocycles. The molecule has 2 rings (SSSR count). The molecule has 5 nitrogen and oxygen atoms in total. The van der Waals surface area contributed by atoms with Crippen molar-refractivity contribution in [2.45, 2.75) is 33.6 Å². The van der Waals surface area contributed by atoms with Crippen LogP contribution in [0.3, 0.4) is 0 Å². The van der Waals surface area contributed by atoms with Crippen LogP contribution in [0, 0.1) is 13.8 Å². The van der Waals surface area contributed by atoms with E-state index in [4.69, 9.17) is 0 Å². The maximum Gasteiger partial charge on any atom is 0.272 e. The first kappa shape index (κ1) is 18.6. The minimum Gasteiger partial charge on any atom is -0.340 e. The van der Waals surface area contributed by atoms with Gasteiger partial charge in [-0.05, 0) is 49.6 Å². The van der Waals surface area contributed by atoms with E-state index in [2.05, 4.69) is 17.2 Å². The van der Waals surface area contributed by atoms with Crippen molar-refractivity contribution in [1.29, 1.82) is 0 Å². The Morgan fingerprint density at radius 3 is 2.68 bits per heavy atom. The molecular weight excluding hydrogens is 314 g/mol. The highest BCUT2D eigenvalue weighted by molar-refractivity contribution is 6.06. The Morgan fingerprint density at radius 1 is 1.20 bits per heavy atom. The van der Waals surface area contributed by atoms with E-state index in [-0.39, 0.29) is 17.5 Å². The van der Waals surface area contributed by atoms with Crippen molar-refractivity contribution in [3.05, 3.63) is 58.9 Å². The van der Waals surface area contributed by atoms with Crippen LogP contribution in [0.1, 0.15) is 51.7 Å². The van der Waals surface area contributed by atoms with Crippen LogP contribution in [-0.2, 0) is 0 Å². The van der Waals surface area contributed by atoms with Crippen LogP contribution in [0.2, 0.25) is 0 Å². The van der Waals surface area contributed by atoms with Gasteiger partial charge in [0.25, 0.3) is 11.8 Å². The lowest BCUT2D eigenvalue weighted by Crippen LogP contribution is -2.28. The maximum atomic E-state index is 12.5. The molecule has 0 aliphatic rings. The van der Waals surface area contributed by atoms with Crippen LogP contribution in [0.15, 0.2) is 36.5 Å². The number of aromatic nitrogens is 1. The third-order valence-corrected chi connectivity index (χ3v) is 4.29. The number of nitrogens with zero attached hydrogens (tertiary/aromatic N) is 2. The molecule has 0 spiro atoms. The number of hydrogen-bond acceptors (Lipinski definition) is 3. The number of amides is 2. The highest BCUT2D eigenvalue weighted by atomic mass is 16.2. The van der Waals surface area contributed by atoms with Gasteiger partial charge in [-0.25, -0.2) is 0 Å². The van der Waals surface area contributed by atoms with Crippen molar-refractivity contribution < 1.29 is 9.59 Å². The van der Waals surface area contributed by atoms with Crippen molar-refractivity contribution in [3.8, 4) is 0 Å². The number of unbranched alkanes of at least 4 members (excludes halogenated alkanes) is 1. The number of anilines is 1. The Hall–Kier alpha value is -2.69. The first-order valence-corrected chi connectivity index (χ1v) is 8.53. The molecule has 0 atom stereocenters. The molecule has 0 saturated carbocycles. The molecule has 1 N–H and O–H groups in total. The van der Waals surface area contributed by atoms with Crippen LogP contribution >= 0.6 is 0 Å². The number of carbonyl (C=O) groups excluding carboxylic acids is 2. The lowest BCUT2D eigenvalue weighted by molar-refractivity contribution is 0.0787. The Morgan fingerprint density at radius 2 is 1.96 bits per heavy atom. The number of rotatable bonds is 6. The van der Waals surface area contributed by atoms with E-state index < -0.39 is 0 Å². The van der Waals surface area contributed by atoms with Gasteiger partial charge in [-0.15, -0.1) is 0 Å². The van der Waals surface area contributed by atoms with Crippen LogP contribution in [-0.4, -0.2) is 35.3 Å². The summed E-state index contributed by atoms with van der Waals surface area (Å²) in [7, 11) is 1.75. The van der Waals surface area contributed by atoms with Gasteiger partial charge >= 0.3 is 0 Å². The number of hydrogen-bond donors (Lipinski definition) is 1. The van der Waals surface area contributed by atoms with Crippen LogP contribution < -0.4 is 5.32 Å². The Bertz CT molecular complexity index is 771. The van der Waals surface area contributed by atoms with Gasteiger partial charge in [-0.2, -0.15) is 0 Å². The summed E-state index contributed by atoms with van der Waals surface area (Å²) in [6.07, 6.45) is 3.46. The van der Waals surface area contributed by atoms with E-state index in [1.807, 2.05) is 32.0 Å². The minimum atomic E-state index is -0.249. The summed E-state index contributed by atoms with van der Waals surface area (Å²) in [5.74, 6) is -0.420. The zero-order valence-electron chi connectivity index (χ0n) is 15.3. The maximum absolute atomic E-state index is 12.5. The fraction of sp³-hybridized carbons (Fsp3) is 0.350. The van der Waals surface area contributed by atoms with Gasteiger partial charge in [-0.3, -0.25) is 14.6 Å². The zero-order valence-corrected chi connectivity index (χ0v) is 15.3. The van der Waals surface area contributed by atoms with E-state index in [1.165, 1.54) is 6.20 Å². The van der Waals surface area contributed by atoms with Gasteiger partial charge in [0.15, 0.2) is 0 Å². The number of carbonyl (C=O) groups is 2. The molecule has 1 aromatic heterocycles. The van der Waals surface area contributed by atoms with Gasteiger partial charge in [0, 0.05) is 31.0 Å². The van der Waals surface area contributed by atoms with Crippen LogP contribution in [0.4, 0.5) is 5.69 Å². The number of pyridine rings is 1. The van der Waals surface area contributed by atoms with Crippen molar-refractivity contribution in [2.24, 2.45) is 0 Å². The average molecular weight is 339 g/mol. The second kappa shape index (κ2) is 8.42. The summed E-state index contributed by atoms with van der Waals surface area (Å²) in [6.45, 7) is 6.72. The zero-order chi connectivity index (χ0) is 18.4. The minimum absolute atomic E-state index is 0.171. The number of nitrogens with one attached hydrogen (secondary N) is 1.